The molecule has 0 saturated carbocycles. The standard InChI is InChI=1S/C21H18N4OS/c1-15-7-9-17(10-8-15)23-20(26)12-25-11-18(22-14-25)21-24-19(13-27-21)16-5-3-2-4-6-16/h2-11,13-14H,12H2,1H3,(H,23,26). The molecule has 4 aromatic rings. The van der Waals surface area contributed by atoms with Crippen molar-refractivity contribution in [2.75, 3.05) is 5.32 Å². The molecule has 5 nitrogen and oxygen atoms in total. The zero-order valence-electron chi connectivity index (χ0n) is 14.8. The second kappa shape index (κ2) is 7.55. The van der Waals surface area contributed by atoms with Crippen molar-refractivity contribution < 1.29 is 4.79 Å². The molecule has 0 spiro atoms. The SMILES string of the molecule is Cc1ccc(NC(=O)Cn2cnc(-c3nc(-c4ccccc4)cs3)c2)cc1. The lowest BCUT2D eigenvalue weighted by atomic mass is 10.2. The van der Waals surface area contributed by atoms with Crippen LogP contribution in [0.2, 0.25) is 0 Å². The van der Waals surface area contributed by atoms with E-state index >= 15 is 0 Å². The number of nitrogens with one attached hydrogen (secondary N) is 1. The maximum absolute atomic E-state index is 12.2. The van der Waals surface area contributed by atoms with Crippen molar-refractivity contribution in [3.63, 3.8) is 0 Å². The van der Waals surface area contributed by atoms with Crippen LogP contribution in [0.1, 0.15) is 5.56 Å². The number of hydrogen-bond acceptors (Lipinski definition) is 4. The number of anilines is 1. The monoisotopic (exact) mass is 374 g/mol. The number of benzene rings is 2. The van der Waals surface area contributed by atoms with Crippen molar-refractivity contribution in [1.29, 1.82) is 0 Å². The van der Waals surface area contributed by atoms with E-state index in [0.717, 1.165) is 33.2 Å². The Hall–Kier alpha value is -3.25. The van der Waals surface area contributed by atoms with Crippen LogP contribution in [-0.4, -0.2) is 20.4 Å². The summed E-state index contributed by atoms with van der Waals surface area (Å²) >= 11 is 1.55. The Bertz CT molecular complexity index is 1050. The minimum atomic E-state index is -0.0908. The van der Waals surface area contributed by atoms with E-state index < -0.39 is 0 Å². The Balaban J connectivity index is 1.43. The summed E-state index contributed by atoms with van der Waals surface area (Å²) in [5, 5.41) is 5.75. The maximum atomic E-state index is 12.2. The zero-order chi connectivity index (χ0) is 18.6. The smallest absolute Gasteiger partial charge is 0.244 e. The van der Waals surface area contributed by atoms with Gasteiger partial charge in [0, 0.05) is 22.8 Å². The molecule has 4 rings (SSSR count). The average Bonchev–Trinajstić information content (AvgIpc) is 3.34. The molecule has 0 atom stereocenters. The fourth-order valence-corrected chi connectivity index (χ4v) is 3.48. The fraction of sp³-hybridized carbons (Fsp3) is 0.0952. The molecule has 1 N–H and O–H groups in total. The van der Waals surface area contributed by atoms with Crippen LogP contribution in [0.4, 0.5) is 5.69 Å². The lowest BCUT2D eigenvalue weighted by molar-refractivity contribution is -0.116. The molecule has 0 unspecified atom stereocenters. The number of carbonyl (C=O) groups is 1. The van der Waals surface area contributed by atoms with Gasteiger partial charge in [-0.25, -0.2) is 9.97 Å². The summed E-state index contributed by atoms with van der Waals surface area (Å²) in [6.45, 7) is 2.22. The van der Waals surface area contributed by atoms with Crippen LogP contribution in [0.3, 0.4) is 0 Å². The third-order valence-electron chi connectivity index (χ3n) is 4.09. The highest BCUT2D eigenvalue weighted by Crippen LogP contribution is 2.27. The first-order valence-corrected chi connectivity index (χ1v) is 9.45. The Morgan fingerprint density at radius 2 is 1.85 bits per heavy atom. The van der Waals surface area contributed by atoms with Gasteiger partial charge in [0.25, 0.3) is 0 Å². The first kappa shape index (κ1) is 17.2. The van der Waals surface area contributed by atoms with E-state index in [0.29, 0.717) is 0 Å². The number of hydrogen-bond donors (Lipinski definition) is 1. The molecule has 0 aliphatic rings. The zero-order valence-corrected chi connectivity index (χ0v) is 15.6. The fourth-order valence-electron chi connectivity index (χ4n) is 2.69. The minimum absolute atomic E-state index is 0.0908. The average molecular weight is 374 g/mol. The quantitative estimate of drug-likeness (QED) is 0.554. The molecular formula is C21H18N4OS. The summed E-state index contributed by atoms with van der Waals surface area (Å²) in [5.74, 6) is -0.0908. The van der Waals surface area contributed by atoms with Crippen LogP contribution in [0, 0.1) is 6.92 Å². The number of rotatable bonds is 5. The topological polar surface area (TPSA) is 59.8 Å². The minimum Gasteiger partial charge on any atom is -0.327 e. The van der Waals surface area contributed by atoms with E-state index in [-0.39, 0.29) is 12.5 Å². The maximum Gasteiger partial charge on any atom is 0.244 e. The van der Waals surface area contributed by atoms with Crippen molar-refractivity contribution in [2.24, 2.45) is 0 Å². The van der Waals surface area contributed by atoms with Crippen LogP contribution in [0.25, 0.3) is 22.0 Å². The predicted molar refractivity (Wildman–Crippen MR) is 109 cm³/mol. The van der Waals surface area contributed by atoms with E-state index in [4.69, 9.17) is 0 Å². The van der Waals surface area contributed by atoms with Crippen molar-refractivity contribution in [1.82, 2.24) is 14.5 Å². The number of nitrogens with zero attached hydrogens (tertiary/aromatic N) is 3. The molecule has 0 aliphatic carbocycles. The largest absolute Gasteiger partial charge is 0.327 e. The molecular weight excluding hydrogens is 356 g/mol. The van der Waals surface area contributed by atoms with Gasteiger partial charge in [0.1, 0.15) is 17.2 Å². The third-order valence-corrected chi connectivity index (χ3v) is 4.95. The summed E-state index contributed by atoms with van der Waals surface area (Å²) in [4.78, 5) is 21.3. The van der Waals surface area contributed by atoms with Crippen molar-refractivity contribution in [2.45, 2.75) is 13.5 Å². The summed E-state index contributed by atoms with van der Waals surface area (Å²) in [6.07, 6.45) is 3.51. The number of aromatic nitrogens is 3. The summed E-state index contributed by atoms with van der Waals surface area (Å²) in [5.41, 5.74) is 4.73. The molecule has 0 fully saturated rings. The second-order valence-electron chi connectivity index (χ2n) is 6.25. The molecule has 2 heterocycles. The van der Waals surface area contributed by atoms with Gasteiger partial charge in [-0.15, -0.1) is 11.3 Å². The van der Waals surface area contributed by atoms with Gasteiger partial charge >= 0.3 is 0 Å². The van der Waals surface area contributed by atoms with Crippen LogP contribution >= 0.6 is 11.3 Å². The molecule has 0 bridgehead atoms. The Morgan fingerprint density at radius 3 is 2.63 bits per heavy atom. The summed E-state index contributed by atoms with van der Waals surface area (Å²) in [7, 11) is 0. The Labute approximate surface area is 161 Å². The third kappa shape index (κ3) is 4.12. The van der Waals surface area contributed by atoms with Crippen molar-refractivity contribution in [3.8, 4) is 22.0 Å². The molecule has 0 aliphatic heterocycles. The second-order valence-corrected chi connectivity index (χ2v) is 7.11. The number of carbonyl (C=O) groups excluding carboxylic acids is 1. The summed E-state index contributed by atoms with van der Waals surface area (Å²) in [6, 6.07) is 17.8. The highest BCUT2D eigenvalue weighted by molar-refractivity contribution is 7.13. The van der Waals surface area contributed by atoms with E-state index in [9.17, 15) is 4.79 Å². The van der Waals surface area contributed by atoms with Crippen LogP contribution in [0.5, 0.6) is 0 Å². The van der Waals surface area contributed by atoms with Gasteiger partial charge in [-0.1, -0.05) is 48.0 Å². The van der Waals surface area contributed by atoms with Gasteiger partial charge in [0.15, 0.2) is 0 Å². The lowest BCUT2D eigenvalue weighted by Gasteiger charge is -2.05. The van der Waals surface area contributed by atoms with Crippen LogP contribution < -0.4 is 5.32 Å². The van der Waals surface area contributed by atoms with Gasteiger partial charge < -0.3 is 9.88 Å². The van der Waals surface area contributed by atoms with Crippen molar-refractivity contribution in [3.05, 3.63) is 78.1 Å². The molecule has 0 radical (unpaired) electrons. The molecule has 2 aromatic carbocycles. The van der Waals surface area contributed by atoms with Gasteiger partial charge in [0.2, 0.25) is 5.91 Å². The van der Waals surface area contributed by atoms with Gasteiger partial charge in [0.05, 0.1) is 12.0 Å². The number of aryl methyl sites for hydroxylation is 1. The summed E-state index contributed by atoms with van der Waals surface area (Å²) < 4.78 is 1.77. The van der Waals surface area contributed by atoms with Gasteiger partial charge in [-0.3, -0.25) is 4.79 Å². The van der Waals surface area contributed by atoms with Crippen LogP contribution in [0.15, 0.2) is 72.5 Å². The number of imidazole rings is 1. The highest BCUT2D eigenvalue weighted by Gasteiger charge is 2.11. The Kier molecular flexibility index (Phi) is 4.80. The number of amides is 1. The normalized spacial score (nSPS) is 10.7. The van der Waals surface area contributed by atoms with E-state index in [2.05, 4.69) is 15.3 Å². The van der Waals surface area contributed by atoms with E-state index in [1.54, 1.807) is 22.2 Å². The van der Waals surface area contributed by atoms with E-state index in [1.165, 1.54) is 0 Å². The van der Waals surface area contributed by atoms with E-state index in [1.807, 2.05) is 73.1 Å². The molecule has 27 heavy (non-hydrogen) atoms. The first-order chi connectivity index (χ1) is 13.2. The predicted octanol–water partition coefficient (Wildman–Crippen LogP) is 4.62. The molecule has 0 saturated heterocycles. The molecule has 6 heteroatoms. The Morgan fingerprint density at radius 1 is 1.07 bits per heavy atom. The molecule has 1 amide bonds. The van der Waals surface area contributed by atoms with Crippen molar-refractivity contribution >= 4 is 22.9 Å². The van der Waals surface area contributed by atoms with Crippen LogP contribution in [-0.2, 0) is 11.3 Å². The lowest BCUT2D eigenvalue weighted by Crippen LogP contribution is -2.17. The molecule has 2 aromatic heterocycles. The first-order valence-electron chi connectivity index (χ1n) is 8.57. The number of thiazole rings is 1. The van der Waals surface area contributed by atoms with Gasteiger partial charge in [-0.2, -0.15) is 0 Å². The highest BCUT2D eigenvalue weighted by atomic mass is 32.1. The molecule has 134 valence electrons. The van der Waals surface area contributed by atoms with Gasteiger partial charge in [-0.05, 0) is 19.1 Å².